The van der Waals surface area contributed by atoms with Crippen LogP contribution in [0, 0.1) is 6.92 Å². The van der Waals surface area contributed by atoms with Crippen LogP contribution in [0.3, 0.4) is 0 Å². The second-order valence-electron chi connectivity index (χ2n) is 5.30. The van der Waals surface area contributed by atoms with Crippen LogP contribution in [-0.2, 0) is 4.79 Å². The van der Waals surface area contributed by atoms with Crippen molar-refractivity contribution in [2.24, 2.45) is 0 Å². The average molecular weight is 338 g/mol. The number of benzene rings is 2. The Morgan fingerprint density at radius 2 is 1.92 bits per heavy atom. The maximum atomic E-state index is 12.0. The van der Waals surface area contributed by atoms with Crippen LogP contribution in [0.15, 0.2) is 66.7 Å². The number of amides is 1. The van der Waals surface area contributed by atoms with Gasteiger partial charge < -0.3 is 5.32 Å². The summed E-state index contributed by atoms with van der Waals surface area (Å²) in [5.41, 5.74) is 2.72. The summed E-state index contributed by atoms with van der Waals surface area (Å²) in [5.74, 6) is 0.268. The average Bonchev–Trinajstić information content (AvgIpc) is 2.94. The summed E-state index contributed by atoms with van der Waals surface area (Å²) in [6.45, 7) is 1.92. The molecule has 4 nitrogen and oxygen atoms in total. The lowest BCUT2D eigenvalue weighted by Gasteiger charge is -2.04. The van der Waals surface area contributed by atoms with E-state index in [2.05, 4.69) is 10.4 Å². The minimum absolute atomic E-state index is 0.227. The third-order valence-corrected chi connectivity index (χ3v) is 3.65. The van der Waals surface area contributed by atoms with Crippen LogP contribution in [-0.4, -0.2) is 15.7 Å². The van der Waals surface area contributed by atoms with E-state index in [1.54, 1.807) is 16.8 Å². The highest BCUT2D eigenvalue weighted by atomic mass is 35.5. The predicted octanol–water partition coefficient (Wildman–Crippen LogP) is 4.49. The molecular weight excluding hydrogens is 322 g/mol. The van der Waals surface area contributed by atoms with Crippen LogP contribution in [0.1, 0.15) is 11.3 Å². The number of rotatable bonds is 4. The first-order chi connectivity index (χ1) is 11.6. The lowest BCUT2D eigenvalue weighted by atomic mass is 10.2. The largest absolute Gasteiger partial charge is 0.306 e. The summed E-state index contributed by atoms with van der Waals surface area (Å²) in [5, 5.41) is 7.81. The molecule has 0 atom stereocenters. The molecule has 0 saturated carbocycles. The monoisotopic (exact) mass is 337 g/mol. The van der Waals surface area contributed by atoms with Gasteiger partial charge in [-0.05, 0) is 36.8 Å². The van der Waals surface area contributed by atoms with Gasteiger partial charge in [0.25, 0.3) is 0 Å². The Morgan fingerprint density at radius 1 is 1.12 bits per heavy atom. The van der Waals surface area contributed by atoms with Crippen molar-refractivity contribution in [3.63, 3.8) is 0 Å². The second kappa shape index (κ2) is 7.15. The van der Waals surface area contributed by atoms with E-state index in [0.29, 0.717) is 10.8 Å². The molecule has 1 heterocycles. The number of halogens is 1. The number of nitrogens with one attached hydrogen (secondary N) is 1. The Labute approximate surface area is 145 Å². The molecule has 0 aliphatic heterocycles. The van der Waals surface area contributed by atoms with Gasteiger partial charge in [0, 0.05) is 22.9 Å². The van der Waals surface area contributed by atoms with E-state index >= 15 is 0 Å². The highest BCUT2D eigenvalue weighted by Crippen LogP contribution is 2.18. The van der Waals surface area contributed by atoms with Crippen molar-refractivity contribution in [1.82, 2.24) is 9.78 Å². The van der Waals surface area contributed by atoms with E-state index in [1.165, 1.54) is 6.08 Å². The fourth-order valence-electron chi connectivity index (χ4n) is 2.31. The summed E-state index contributed by atoms with van der Waals surface area (Å²) in [6, 6.07) is 18.9. The smallest absolute Gasteiger partial charge is 0.249 e. The van der Waals surface area contributed by atoms with E-state index in [9.17, 15) is 4.79 Å². The number of anilines is 1. The molecule has 3 rings (SSSR count). The van der Waals surface area contributed by atoms with Crippen molar-refractivity contribution in [2.45, 2.75) is 6.92 Å². The van der Waals surface area contributed by atoms with Crippen molar-refractivity contribution < 1.29 is 4.79 Å². The van der Waals surface area contributed by atoms with Gasteiger partial charge in [0.2, 0.25) is 5.91 Å². The van der Waals surface area contributed by atoms with Crippen LogP contribution in [0.2, 0.25) is 5.02 Å². The first-order valence-corrected chi connectivity index (χ1v) is 7.86. The molecule has 5 heteroatoms. The quantitative estimate of drug-likeness (QED) is 0.713. The zero-order valence-corrected chi connectivity index (χ0v) is 13.9. The molecule has 0 bridgehead atoms. The van der Waals surface area contributed by atoms with Gasteiger partial charge in [-0.25, -0.2) is 4.68 Å². The van der Waals surface area contributed by atoms with E-state index in [0.717, 1.165) is 16.9 Å². The Bertz CT molecular complexity index is 885. The molecule has 24 heavy (non-hydrogen) atoms. The van der Waals surface area contributed by atoms with E-state index in [1.807, 2.05) is 61.5 Å². The number of hydrogen-bond donors (Lipinski definition) is 1. The molecule has 1 N–H and O–H groups in total. The van der Waals surface area contributed by atoms with Crippen LogP contribution in [0.5, 0.6) is 0 Å². The zero-order valence-electron chi connectivity index (χ0n) is 13.1. The first-order valence-electron chi connectivity index (χ1n) is 7.48. The molecule has 1 amide bonds. The van der Waals surface area contributed by atoms with E-state index in [4.69, 9.17) is 11.6 Å². The molecule has 0 radical (unpaired) electrons. The highest BCUT2D eigenvalue weighted by molar-refractivity contribution is 6.30. The van der Waals surface area contributed by atoms with Crippen LogP contribution >= 0.6 is 11.6 Å². The maximum Gasteiger partial charge on any atom is 0.249 e. The SMILES string of the molecule is Cc1cc(NC(=O)/C=C/c2ccccc2)nn1-c1cccc(Cl)c1. The molecule has 0 spiro atoms. The third-order valence-electron chi connectivity index (χ3n) is 3.42. The molecule has 1 aromatic heterocycles. The molecule has 3 aromatic rings. The van der Waals surface area contributed by atoms with Crippen molar-refractivity contribution in [3.8, 4) is 5.69 Å². The van der Waals surface area contributed by atoms with Gasteiger partial charge in [0.1, 0.15) is 0 Å². The third kappa shape index (κ3) is 3.91. The first kappa shape index (κ1) is 16.0. The molecule has 0 aliphatic carbocycles. The summed E-state index contributed by atoms with van der Waals surface area (Å²) in [4.78, 5) is 12.0. The van der Waals surface area contributed by atoms with E-state index in [-0.39, 0.29) is 5.91 Å². The minimum atomic E-state index is -0.227. The molecule has 0 saturated heterocycles. The Balaban J connectivity index is 1.73. The molecule has 2 aromatic carbocycles. The van der Waals surface area contributed by atoms with E-state index < -0.39 is 0 Å². The van der Waals surface area contributed by atoms with Crippen LogP contribution in [0.4, 0.5) is 5.82 Å². The van der Waals surface area contributed by atoms with Gasteiger partial charge in [0.15, 0.2) is 5.82 Å². The number of hydrogen-bond acceptors (Lipinski definition) is 2. The molecular formula is C19H16ClN3O. The van der Waals surface area contributed by atoms with Gasteiger partial charge in [-0.3, -0.25) is 4.79 Å². The summed E-state index contributed by atoms with van der Waals surface area (Å²) in [7, 11) is 0. The highest BCUT2D eigenvalue weighted by Gasteiger charge is 2.08. The summed E-state index contributed by atoms with van der Waals surface area (Å²) in [6.07, 6.45) is 3.25. The number of nitrogens with zero attached hydrogens (tertiary/aromatic N) is 2. The number of carbonyl (C=O) groups excluding carboxylic acids is 1. The number of aryl methyl sites for hydroxylation is 1. The van der Waals surface area contributed by atoms with Crippen molar-refractivity contribution in [2.75, 3.05) is 5.32 Å². The summed E-state index contributed by atoms with van der Waals surface area (Å²) < 4.78 is 1.74. The molecule has 0 unspecified atom stereocenters. The van der Waals surface area contributed by atoms with Gasteiger partial charge in [-0.15, -0.1) is 5.10 Å². The molecule has 120 valence electrons. The fraction of sp³-hybridized carbons (Fsp3) is 0.0526. The zero-order chi connectivity index (χ0) is 16.9. The predicted molar refractivity (Wildman–Crippen MR) is 97.4 cm³/mol. The maximum absolute atomic E-state index is 12.0. The lowest BCUT2D eigenvalue weighted by molar-refractivity contribution is -0.111. The Hall–Kier alpha value is -2.85. The van der Waals surface area contributed by atoms with Crippen molar-refractivity contribution >= 4 is 29.4 Å². The number of carbonyl (C=O) groups is 1. The lowest BCUT2D eigenvalue weighted by Crippen LogP contribution is -2.08. The van der Waals surface area contributed by atoms with Crippen molar-refractivity contribution in [3.05, 3.63) is 83.0 Å². The second-order valence-corrected chi connectivity index (χ2v) is 5.73. The van der Waals surface area contributed by atoms with Crippen molar-refractivity contribution in [1.29, 1.82) is 0 Å². The summed E-state index contributed by atoms with van der Waals surface area (Å²) >= 11 is 6.02. The van der Waals surface area contributed by atoms with Gasteiger partial charge >= 0.3 is 0 Å². The Morgan fingerprint density at radius 3 is 2.67 bits per heavy atom. The van der Waals surface area contributed by atoms with Crippen LogP contribution in [0.25, 0.3) is 11.8 Å². The number of aromatic nitrogens is 2. The van der Waals surface area contributed by atoms with Crippen LogP contribution < -0.4 is 5.32 Å². The van der Waals surface area contributed by atoms with Gasteiger partial charge in [-0.2, -0.15) is 0 Å². The topological polar surface area (TPSA) is 46.9 Å². The normalized spacial score (nSPS) is 10.9. The Kier molecular flexibility index (Phi) is 4.77. The van der Waals surface area contributed by atoms with Gasteiger partial charge in [0.05, 0.1) is 5.69 Å². The van der Waals surface area contributed by atoms with Gasteiger partial charge in [-0.1, -0.05) is 48.0 Å². The molecule has 0 fully saturated rings. The molecule has 0 aliphatic rings. The minimum Gasteiger partial charge on any atom is -0.306 e. The fourth-order valence-corrected chi connectivity index (χ4v) is 2.49. The standard InChI is InChI=1S/C19H16ClN3O/c1-14-12-18(22-23(14)17-9-5-8-16(20)13-17)21-19(24)11-10-15-6-3-2-4-7-15/h2-13H,1H3,(H,21,22,24)/b11-10+.